The highest BCUT2D eigenvalue weighted by atomic mass is 19.1. The standard InChI is InChI=1S/C19H20FN3O/c1-3-18(24)21-13(2)19-22-16-10-6-7-11-17(16)23(19)12-14-8-4-5-9-15(14)20/h4-11,13H,3,12H2,1-2H3,(H,21,24). The summed E-state index contributed by atoms with van der Waals surface area (Å²) in [6.45, 7) is 4.08. The van der Waals surface area contributed by atoms with Crippen LogP contribution < -0.4 is 5.32 Å². The number of halogens is 1. The minimum absolute atomic E-state index is 0.0352. The monoisotopic (exact) mass is 325 g/mol. The summed E-state index contributed by atoms with van der Waals surface area (Å²) in [7, 11) is 0. The van der Waals surface area contributed by atoms with Gasteiger partial charge in [-0.2, -0.15) is 0 Å². The van der Waals surface area contributed by atoms with Gasteiger partial charge < -0.3 is 9.88 Å². The highest BCUT2D eigenvalue weighted by molar-refractivity contribution is 5.78. The third-order valence-corrected chi connectivity index (χ3v) is 4.06. The first-order valence-corrected chi connectivity index (χ1v) is 8.08. The molecule has 0 bridgehead atoms. The Morgan fingerprint density at radius 3 is 2.67 bits per heavy atom. The zero-order chi connectivity index (χ0) is 17.1. The highest BCUT2D eigenvalue weighted by Gasteiger charge is 2.18. The molecule has 0 fully saturated rings. The van der Waals surface area contributed by atoms with E-state index in [1.165, 1.54) is 6.07 Å². The molecule has 2 aromatic carbocycles. The third kappa shape index (κ3) is 3.15. The first kappa shape index (κ1) is 16.2. The van der Waals surface area contributed by atoms with E-state index in [2.05, 4.69) is 10.3 Å². The molecule has 5 heteroatoms. The van der Waals surface area contributed by atoms with Gasteiger partial charge in [-0.1, -0.05) is 37.3 Å². The molecule has 0 radical (unpaired) electrons. The number of nitrogens with one attached hydrogen (secondary N) is 1. The first-order chi connectivity index (χ1) is 11.6. The number of amides is 1. The number of carbonyl (C=O) groups excluding carboxylic acids is 1. The number of rotatable bonds is 5. The van der Waals surface area contributed by atoms with E-state index >= 15 is 0 Å². The van der Waals surface area contributed by atoms with Crippen LogP contribution in [0.4, 0.5) is 4.39 Å². The van der Waals surface area contributed by atoms with Gasteiger partial charge in [-0.05, 0) is 25.1 Å². The molecule has 124 valence electrons. The predicted octanol–water partition coefficient (Wildman–Crippen LogP) is 3.81. The molecule has 1 aromatic heterocycles. The van der Waals surface area contributed by atoms with Gasteiger partial charge in [-0.3, -0.25) is 4.79 Å². The van der Waals surface area contributed by atoms with Gasteiger partial charge in [0.05, 0.1) is 23.6 Å². The van der Waals surface area contributed by atoms with Crippen molar-refractivity contribution in [1.29, 1.82) is 0 Å². The molecule has 0 saturated carbocycles. The second kappa shape index (κ2) is 6.83. The zero-order valence-corrected chi connectivity index (χ0v) is 13.8. The Bertz CT molecular complexity index is 872. The Hall–Kier alpha value is -2.69. The molecule has 3 aromatic rings. The van der Waals surface area contributed by atoms with E-state index in [4.69, 9.17) is 0 Å². The smallest absolute Gasteiger partial charge is 0.220 e. The lowest BCUT2D eigenvalue weighted by Crippen LogP contribution is -2.28. The van der Waals surface area contributed by atoms with Crippen LogP contribution in [0.3, 0.4) is 0 Å². The lowest BCUT2D eigenvalue weighted by Gasteiger charge is -2.16. The number of carbonyl (C=O) groups is 1. The molecule has 1 unspecified atom stereocenters. The molecule has 0 spiro atoms. The number of benzene rings is 2. The molecule has 0 aliphatic carbocycles. The Kier molecular flexibility index (Phi) is 4.60. The van der Waals surface area contributed by atoms with Crippen molar-refractivity contribution in [2.24, 2.45) is 0 Å². The summed E-state index contributed by atoms with van der Waals surface area (Å²) in [5.74, 6) is 0.444. The fourth-order valence-electron chi connectivity index (χ4n) is 2.80. The fourth-order valence-corrected chi connectivity index (χ4v) is 2.80. The molecule has 4 nitrogen and oxygen atoms in total. The largest absolute Gasteiger partial charge is 0.346 e. The molecule has 1 atom stereocenters. The normalized spacial score (nSPS) is 12.3. The summed E-state index contributed by atoms with van der Waals surface area (Å²) < 4.78 is 16.0. The van der Waals surface area contributed by atoms with Crippen LogP contribution in [0.5, 0.6) is 0 Å². The topological polar surface area (TPSA) is 46.9 Å². The van der Waals surface area contributed by atoms with Crippen LogP contribution in [-0.4, -0.2) is 15.5 Å². The first-order valence-electron chi connectivity index (χ1n) is 8.08. The Balaban J connectivity index is 2.05. The summed E-state index contributed by atoms with van der Waals surface area (Å²) in [5.41, 5.74) is 2.35. The van der Waals surface area contributed by atoms with E-state index in [0.717, 1.165) is 16.9 Å². The van der Waals surface area contributed by atoms with Gasteiger partial charge in [-0.25, -0.2) is 9.37 Å². The van der Waals surface area contributed by atoms with Gasteiger partial charge in [0.25, 0.3) is 0 Å². The molecular formula is C19H20FN3O. The summed E-state index contributed by atoms with van der Waals surface area (Å²) in [5, 5.41) is 2.93. The van der Waals surface area contributed by atoms with Crippen molar-refractivity contribution in [2.45, 2.75) is 32.9 Å². The van der Waals surface area contributed by atoms with Crippen LogP contribution in [0, 0.1) is 5.82 Å². The van der Waals surface area contributed by atoms with E-state index in [0.29, 0.717) is 18.5 Å². The molecule has 0 aliphatic heterocycles. The number of hydrogen-bond donors (Lipinski definition) is 1. The van der Waals surface area contributed by atoms with E-state index in [9.17, 15) is 9.18 Å². The molecule has 24 heavy (non-hydrogen) atoms. The van der Waals surface area contributed by atoms with Crippen molar-refractivity contribution in [3.05, 3.63) is 65.7 Å². The molecule has 1 heterocycles. The fraction of sp³-hybridized carbons (Fsp3) is 0.263. The van der Waals surface area contributed by atoms with Crippen molar-refractivity contribution in [3.63, 3.8) is 0 Å². The van der Waals surface area contributed by atoms with Crippen molar-refractivity contribution in [3.8, 4) is 0 Å². The van der Waals surface area contributed by atoms with Gasteiger partial charge >= 0.3 is 0 Å². The number of hydrogen-bond acceptors (Lipinski definition) is 2. The minimum Gasteiger partial charge on any atom is -0.346 e. The highest BCUT2D eigenvalue weighted by Crippen LogP contribution is 2.23. The van der Waals surface area contributed by atoms with Crippen molar-refractivity contribution < 1.29 is 9.18 Å². The Morgan fingerprint density at radius 2 is 1.92 bits per heavy atom. The summed E-state index contributed by atoms with van der Waals surface area (Å²) in [6.07, 6.45) is 0.415. The van der Waals surface area contributed by atoms with Crippen LogP contribution >= 0.6 is 0 Å². The quantitative estimate of drug-likeness (QED) is 0.775. The second-order valence-corrected chi connectivity index (χ2v) is 5.78. The lowest BCUT2D eigenvalue weighted by molar-refractivity contribution is -0.121. The maximum absolute atomic E-state index is 14.1. The molecule has 1 N–H and O–H groups in total. The van der Waals surface area contributed by atoms with Crippen LogP contribution in [0.1, 0.15) is 37.7 Å². The lowest BCUT2D eigenvalue weighted by atomic mass is 10.2. The van der Waals surface area contributed by atoms with Crippen molar-refractivity contribution >= 4 is 16.9 Å². The van der Waals surface area contributed by atoms with E-state index in [-0.39, 0.29) is 17.8 Å². The number of imidazole rings is 1. The number of nitrogens with zero attached hydrogens (tertiary/aromatic N) is 2. The average Bonchev–Trinajstić information content (AvgIpc) is 2.95. The molecule has 3 rings (SSSR count). The number of aromatic nitrogens is 2. The van der Waals surface area contributed by atoms with Gasteiger partial charge in [0.2, 0.25) is 5.91 Å². The molecule has 0 saturated heterocycles. The minimum atomic E-state index is -0.253. The number of para-hydroxylation sites is 2. The average molecular weight is 325 g/mol. The van der Waals surface area contributed by atoms with Gasteiger partial charge in [0.15, 0.2) is 0 Å². The summed E-state index contributed by atoms with van der Waals surface area (Å²) in [6, 6.07) is 14.2. The van der Waals surface area contributed by atoms with E-state index in [1.807, 2.05) is 48.7 Å². The Labute approximate surface area is 140 Å². The van der Waals surface area contributed by atoms with Crippen LogP contribution in [0.25, 0.3) is 11.0 Å². The molecule has 0 aliphatic rings. The molecule has 1 amide bonds. The second-order valence-electron chi connectivity index (χ2n) is 5.78. The van der Waals surface area contributed by atoms with Crippen molar-refractivity contribution in [2.75, 3.05) is 0 Å². The third-order valence-electron chi connectivity index (χ3n) is 4.06. The van der Waals surface area contributed by atoms with E-state index in [1.54, 1.807) is 12.1 Å². The summed E-state index contributed by atoms with van der Waals surface area (Å²) >= 11 is 0. The van der Waals surface area contributed by atoms with Gasteiger partial charge in [-0.15, -0.1) is 0 Å². The van der Waals surface area contributed by atoms with Gasteiger partial charge in [0, 0.05) is 12.0 Å². The van der Waals surface area contributed by atoms with Crippen LogP contribution in [0.15, 0.2) is 48.5 Å². The zero-order valence-electron chi connectivity index (χ0n) is 13.8. The van der Waals surface area contributed by atoms with Crippen LogP contribution in [0.2, 0.25) is 0 Å². The summed E-state index contributed by atoms with van der Waals surface area (Å²) in [4.78, 5) is 16.4. The predicted molar refractivity (Wildman–Crippen MR) is 92.1 cm³/mol. The van der Waals surface area contributed by atoms with Gasteiger partial charge in [0.1, 0.15) is 11.6 Å². The maximum Gasteiger partial charge on any atom is 0.220 e. The SMILES string of the molecule is CCC(=O)NC(C)c1nc2ccccc2n1Cc1ccccc1F. The maximum atomic E-state index is 14.1. The van der Waals surface area contributed by atoms with Crippen molar-refractivity contribution in [1.82, 2.24) is 14.9 Å². The van der Waals surface area contributed by atoms with Crippen LogP contribution in [-0.2, 0) is 11.3 Å². The number of fused-ring (bicyclic) bond motifs is 1. The molecular weight excluding hydrogens is 305 g/mol. The Morgan fingerprint density at radius 1 is 1.21 bits per heavy atom. The van der Waals surface area contributed by atoms with E-state index < -0.39 is 0 Å².